The first-order valence-corrected chi connectivity index (χ1v) is 10.1. The molecule has 0 spiro atoms. The second-order valence-electron chi connectivity index (χ2n) is 7.43. The Labute approximate surface area is 171 Å². The molecule has 29 heavy (non-hydrogen) atoms. The predicted octanol–water partition coefficient (Wildman–Crippen LogP) is 3.25. The SMILES string of the molecule is Cc1ccc(C(=O)N2CCCC(CO)C2)cc1NC(=O)CCOc1ccccc1. The Kier molecular flexibility index (Phi) is 7.25. The van der Waals surface area contributed by atoms with Gasteiger partial charge in [0.2, 0.25) is 5.91 Å². The Bertz CT molecular complexity index is 838. The first-order valence-electron chi connectivity index (χ1n) is 10.1. The Morgan fingerprint density at radius 2 is 2.00 bits per heavy atom. The second kappa shape index (κ2) is 10.1. The number of hydrogen-bond acceptors (Lipinski definition) is 4. The van der Waals surface area contributed by atoms with Gasteiger partial charge >= 0.3 is 0 Å². The zero-order valence-corrected chi connectivity index (χ0v) is 16.8. The normalized spacial score (nSPS) is 16.3. The van der Waals surface area contributed by atoms with Crippen molar-refractivity contribution in [3.63, 3.8) is 0 Å². The molecule has 0 bridgehead atoms. The molecule has 6 heteroatoms. The molecule has 0 aromatic heterocycles. The van der Waals surface area contributed by atoms with Gasteiger partial charge in [-0.2, -0.15) is 0 Å². The molecule has 1 atom stereocenters. The summed E-state index contributed by atoms with van der Waals surface area (Å²) in [5.74, 6) is 0.645. The van der Waals surface area contributed by atoms with Crippen molar-refractivity contribution in [3.05, 3.63) is 59.7 Å². The molecule has 1 saturated heterocycles. The number of benzene rings is 2. The lowest BCUT2D eigenvalue weighted by atomic mass is 9.98. The number of hydrogen-bond donors (Lipinski definition) is 2. The van der Waals surface area contributed by atoms with E-state index in [0.29, 0.717) is 24.3 Å². The van der Waals surface area contributed by atoms with Crippen molar-refractivity contribution in [1.82, 2.24) is 4.90 Å². The maximum Gasteiger partial charge on any atom is 0.253 e. The molecule has 2 amide bonds. The number of aliphatic hydroxyl groups excluding tert-OH is 1. The number of piperidine rings is 1. The van der Waals surface area contributed by atoms with E-state index >= 15 is 0 Å². The Balaban J connectivity index is 1.58. The molecule has 1 heterocycles. The van der Waals surface area contributed by atoms with Crippen LogP contribution in [-0.2, 0) is 4.79 Å². The quantitative estimate of drug-likeness (QED) is 0.753. The van der Waals surface area contributed by atoms with E-state index < -0.39 is 0 Å². The van der Waals surface area contributed by atoms with Crippen LogP contribution in [0.4, 0.5) is 5.69 Å². The molecule has 0 aliphatic carbocycles. The van der Waals surface area contributed by atoms with Crippen molar-refractivity contribution in [2.45, 2.75) is 26.2 Å². The van der Waals surface area contributed by atoms with E-state index in [1.165, 1.54) is 0 Å². The van der Waals surface area contributed by atoms with E-state index in [4.69, 9.17) is 4.74 Å². The van der Waals surface area contributed by atoms with E-state index in [9.17, 15) is 14.7 Å². The van der Waals surface area contributed by atoms with Crippen LogP contribution >= 0.6 is 0 Å². The highest BCUT2D eigenvalue weighted by Gasteiger charge is 2.24. The summed E-state index contributed by atoms with van der Waals surface area (Å²) < 4.78 is 5.56. The van der Waals surface area contributed by atoms with Crippen molar-refractivity contribution in [1.29, 1.82) is 0 Å². The third-order valence-electron chi connectivity index (χ3n) is 5.16. The van der Waals surface area contributed by atoms with E-state index in [2.05, 4.69) is 5.32 Å². The van der Waals surface area contributed by atoms with Gasteiger partial charge in [0.25, 0.3) is 5.91 Å². The van der Waals surface area contributed by atoms with Gasteiger partial charge in [0.1, 0.15) is 5.75 Å². The molecule has 3 rings (SSSR count). The molecule has 2 aromatic carbocycles. The van der Waals surface area contributed by atoms with Crippen LogP contribution in [0.2, 0.25) is 0 Å². The van der Waals surface area contributed by atoms with Gasteiger partial charge in [0.15, 0.2) is 0 Å². The summed E-state index contributed by atoms with van der Waals surface area (Å²) in [7, 11) is 0. The van der Waals surface area contributed by atoms with Crippen LogP contribution in [0.25, 0.3) is 0 Å². The van der Waals surface area contributed by atoms with Gasteiger partial charge in [-0.05, 0) is 55.5 Å². The number of carbonyl (C=O) groups excluding carboxylic acids is 2. The molecule has 1 aliphatic rings. The molecule has 1 aliphatic heterocycles. The third kappa shape index (κ3) is 5.81. The lowest BCUT2D eigenvalue weighted by molar-refractivity contribution is -0.116. The number of para-hydroxylation sites is 1. The van der Waals surface area contributed by atoms with Gasteiger partial charge in [-0.15, -0.1) is 0 Å². The highest BCUT2D eigenvalue weighted by atomic mass is 16.5. The van der Waals surface area contributed by atoms with Crippen LogP contribution in [0.3, 0.4) is 0 Å². The molecule has 1 fully saturated rings. The number of anilines is 1. The summed E-state index contributed by atoms with van der Waals surface area (Å²) in [5.41, 5.74) is 2.08. The lowest BCUT2D eigenvalue weighted by Gasteiger charge is -2.32. The number of likely N-dealkylation sites (tertiary alicyclic amines) is 1. The number of amides is 2. The summed E-state index contributed by atoms with van der Waals surface area (Å²) in [5, 5.41) is 12.3. The first-order chi connectivity index (χ1) is 14.1. The second-order valence-corrected chi connectivity index (χ2v) is 7.43. The van der Waals surface area contributed by atoms with Gasteiger partial charge in [0.05, 0.1) is 13.0 Å². The van der Waals surface area contributed by atoms with Crippen LogP contribution in [-0.4, -0.2) is 48.1 Å². The summed E-state index contributed by atoms with van der Waals surface area (Å²) in [6.45, 7) is 3.55. The maximum absolute atomic E-state index is 12.9. The molecule has 0 saturated carbocycles. The zero-order chi connectivity index (χ0) is 20.6. The molecule has 154 valence electrons. The van der Waals surface area contributed by atoms with Gasteiger partial charge in [-0.1, -0.05) is 24.3 Å². The summed E-state index contributed by atoms with van der Waals surface area (Å²) >= 11 is 0. The number of ether oxygens (including phenoxy) is 1. The van der Waals surface area contributed by atoms with Crippen molar-refractivity contribution in [2.75, 3.05) is 31.6 Å². The lowest BCUT2D eigenvalue weighted by Crippen LogP contribution is -2.41. The average molecular weight is 396 g/mol. The number of rotatable bonds is 7. The van der Waals surface area contributed by atoms with Crippen LogP contribution < -0.4 is 10.1 Å². The van der Waals surface area contributed by atoms with Crippen molar-refractivity contribution in [2.24, 2.45) is 5.92 Å². The smallest absolute Gasteiger partial charge is 0.253 e. The van der Waals surface area contributed by atoms with Crippen molar-refractivity contribution in [3.8, 4) is 5.75 Å². The molecular formula is C23H28N2O4. The number of nitrogens with zero attached hydrogens (tertiary/aromatic N) is 1. The maximum atomic E-state index is 12.9. The van der Waals surface area contributed by atoms with Gasteiger partial charge < -0.3 is 20.1 Å². The molecule has 2 N–H and O–H groups in total. The Hall–Kier alpha value is -2.86. The predicted molar refractivity (Wildman–Crippen MR) is 112 cm³/mol. The highest BCUT2D eigenvalue weighted by Crippen LogP contribution is 2.22. The van der Waals surface area contributed by atoms with Gasteiger partial charge in [0, 0.05) is 30.9 Å². The summed E-state index contributed by atoms with van der Waals surface area (Å²) in [4.78, 5) is 26.9. The minimum absolute atomic E-state index is 0.0638. The number of aliphatic hydroxyl groups is 1. The van der Waals surface area contributed by atoms with Gasteiger partial charge in [-0.25, -0.2) is 0 Å². The number of carbonyl (C=O) groups is 2. The largest absolute Gasteiger partial charge is 0.493 e. The number of nitrogens with one attached hydrogen (secondary N) is 1. The minimum Gasteiger partial charge on any atom is -0.493 e. The van der Waals surface area contributed by atoms with Crippen molar-refractivity contribution >= 4 is 17.5 Å². The third-order valence-corrected chi connectivity index (χ3v) is 5.16. The Morgan fingerprint density at radius 3 is 2.76 bits per heavy atom. The fourth-order valence-corrected chi connectivity index (χ4v) is 3.46. The van der Waals surface area contributed by atoms with Crippen LogP contribution in [0, 0.1) is 12.8 Å². The first kappa shape index (κ1) is 20.9. The topological polar surface area (TPSA) is 78.9 Å². The monoisotopic (exact) mass is 396 g/mol. The molecular weight excluding hydrogens is 368 g/mol. The standard InChI is InChI=1S/C23H28N2O4/c1-17-9-10-19(23(28)25-12-5-6-18(15-25)16-26)14-21(17)24-22(27)11-13-29-20-7-3-2-4-8-20/h2-4,7-10,14,18,26H,5-6,11-13,15-16H2,1H3,(H,24,27). The summed E-state index contributed by atoms with van der Waals surface area (Å²) in [6, 6.07) is 14.7. The van der Waals surface area contributed by atoms with Crippen molar-refractivity contribution < 1.29 is 19.4 Å². The van der Waals surface area contributed by atoms with Gasteiger partial charge in [-0.3, -0.25) is 9.59 Å². The fourth-order valence-electron chi connectivity index (χ4n) is 3.46. The minimum atomic E-state index is -0.160. The molecule has 6 nitrogen and oxygen atoms in total. The van der Waals surface area contributed by atoms with Crippen LogP contribution in [0.5, 0.6) is 5.75 Å². The van der Waals surface area contributed by atoms with E-state index in [1.54, 1.807) is 17.0 Å². The van der Waals surface area contributed by atoms with E-state index in [1.807, 2.05) is 43.3 Å². The summed E-state index contributed by atoms with van der Waals surface area (Å²) in [6.07, 6.45) is 2.06. The molecule has 1 unspecified atom stereocenters. The molecule has 0 radical (unpaired) electrons. The van der Waals surface area contributed by atoms with E-state index in [-0.39, 0.29) is 37.4 Å². The highest BCUT2D eigenvalue weighted by molar-refractivity contribution is 5.97. The zero-order valence-electron chi connectivity index (χ0n) is 16.8. The fraction of sp³-hybridized carbons (Fsp3) is 0.391. The number of aryl methyl sites for hydroxylation is 1. The molecule has 2 aromatic rings. The average Bonchev–Trinajstić information content (AvgIpc) is 2.75. The van der Waals surface area contributed by atoms with Crippen LogP contribution in [0.1, 0.15) is 35.2 Å². The van der Waals surface area contributed by atoms with Crippen LogP contribution in [0.15, 0.2) is 48.5 Å². The van der Waals surface area contributed by atoms with E-state index in [0.717, 1.165) is 24.2 Å². The Morgan fingerprint density at radius 1 is 1.21 bits per heavy atom.